The smallest absolute Gasteiger partial charge is 0.136 e. The van der Waals surface area contributed by atoms with Crippen LogP contribution in [-0.2, 0) is 0 Å². The van der Waals surface area contributed by atoms with E-state index in [1.54, 1.807) is 0 Å². The third kappa shape index (κ3) is 3.74. The minimum atomic E-state index is 0.925. The van der Waals surface area contributed by atoms with Crippen LogP contribution in [0.5, 0.6) is 0 Å². The molecule has 0 amide bonds. The summed E-state index contributed by atoms with van der Waals surface area (Å²) >= 11 is 0. The summed E-state index contributed by atoms with van der Waals surface area (Å²) in [5.74, 6) is 0. The van der Waals surface area contributed by atoms with Gasteiger partial charge in [0.1, 0.15) is 11.2 Å². The van der Waals surface area contributed by atoms with E-state index in [0.717, 1.165) is 33.6 Å². The SMILES string of the molecule is Cc1cccc(N(c2cccc(C)c2)c2ccc3c(c2)c2ccccc2c2c3ccc3oc4cc5ccccc5cc4c32)c1. The van der Waals surface area contributed by atoms with E-state index in [0.29, 0.717) is 0 Å². The van der Waals surface area contributed by atoms with Gasteiger partial charge >= 0.3 is 0 Å². The van der Waals surface area contributed by atoms with Crippen molar-refractivity contribution in [2.45, 2.75) is 13.8 Å². The van der Waals surface area contributed by atoms with E-state index in [-0.39, 0.29) is 0 Å². The fourth-order valence-corrected chi connectivity index (χ4v) is 7.10. The van der Waals surface area contributed by atoms with E-state index in [1.807, 2.05) is 0 Å². The summed E-state index contributed by atoms with van der Waals surface area (Å²) in [5.41, 5.74) is 7.77. The first-order valence-corrected chi connectivity index (χ1v) is 15.2. The standard InChI is InChI=1S/C42H29NO/c1-26-9-7-13-30(21-26)43(31-14-8-10-27(2)22-31)32-17-18-34-36-19-20-39-42(41(36)35-16-6-5-15-33(35)37(34)25-32)38-23-28-11-3-4-12-29(28)24-40(38)44-39/h3-25H,1-2H3. The number of furan rings is 1. The number of fused-ring (bicyclic) bond motifs is 11. The molecule has 0 saturated carbocycles. The molecule has 8 aromatic carbocycles. The predicted molar refractivity (Wildman–Crippen MR) is 188 cm³/mol. The van der Waals surface area contributed by atoms with Gasteiger partial charge in [-0.2, -0.15) is 0 Å². The van der Waals surface area contributed by atoms with E-state index in [1.165, 1.54) is 59.6 Å². The highest BCUT2D eigenvalue weighted by molar-refractivity contribution is 6.35. The van der Waals surface area contributed by atoms with Gasteiger partial charge in [-0.25, -0.2) is 0 Å². The van der Waals surface area contributed by atoms with Crippen molar-refractivity contribution in [2.75, 3.05) is 4.90 Å². The minimum absolute atomic E-state index is 0.925. The van der Waals surface area contributed by atoms with Crippen LogP contribution in [0, 0.1) is 13.8 Å². The molecule has 9 aromatic rings. The lowest BCUT2D eigenvalue weighted by molar-refractivity contribution is 0.670. The van der Waals surface area contributed by atoms with Crippen LogP contribution < -0.4 is 4.90 Å². The first-order valence-electron chi connectivity index (χ1n) is 15.2. The first-order chi connectivity index (χ1) is 21.6. The molecule has 0 radical (unpaired) electrons. The van der Waals surface area contributed by atoms with Crippen molar-refractivity contribution in [3.63, 3.8) is 0 Å². The van der Waals surface area contributed by atoms with E-state index in [9.17, 15) is 0 Å². The highest BCUT2D eigenvalue weighted by Crippen LogP contribution is 2.45. The molecule has 0 aliphatic heterocycles. The largest absolute Gasteiger partial charge is 0.456 e. The molecule has 208 valence electrons. The first kappa shape index (κ1) is 24.9. The Morgan fingerprint density at radius 3 is 1.70 bits per heavy atom. The Morgan fingerprint density at radius 2 is 0.977 bits per heavy atom. The van der Waals surface area contributed by atoms with Gasteiger partial charge in [0, 0.05) is 33.2 Å². The molecule has 0 atom stereocenters. The van der Waals surface area contributed by atoms with Crippen molar-refractivity contribution in [2.24, 2.45) is 0 Å². The molecule has 0 N–H and O–H groups in total. The van der Waals surface area contributed by atoms with E-state index >= 15 is 0 Å². The quantitative estimate of drug-likeness (QED) is 0.199. The maximum absolute atomic E-state index is 6.49. The second kappa shape index (κ2) is 9.45. The van der Waals surface area contributed by atoms with Crippen LogP contribution in [0.2, 0.25) is 0 Å². The van der Waals surface area contributed by atoms with Crippen LogP contribution in [0.15, 0.2) is 144 Å². The fraction of sp³-hybridized carbons (Fsp3) is 0.0476. The van der Waals surface area contributed by atoms with E-state index < -0.39 is 0 Å². The lowest BCUT2D eigenvalue weighted by Gasteiger charge is -2.27. The highest BCUT2D eigenvalue weighted by atomic mass is 16.3. The Morgan fingerprint density at radius 1 is 0.386 bits per heavy atom. The van der Waals surface area contributed by atoms with Gasteiger partial charge in [-0.15, -0.1) is 0 Å². The Bertz CT molecular complexity index is 2520. The summed E-state index contributed by atoms with van der Waals surface area (Å²) < 4.78 is 6.49. The number of benzene rings is 8. The van der Waals surface area contributed by atoms with Crippen molar-refractivity contribution >= 4 is 82.1 Å². The third-order valence-corrected chi connectivity index (χ3v) is 9.06. The van der Waals surface area contributed by atoms with Crippen LogP contribution >= 0.6 is 0 Å². The molecule has 1 aromatic heterocycles. The van der Waals surface area contributed by atoms with Gasteiger partial charge in [0.05, 0.1) is 0 Å². The number of nitrogens with zero attached hydrogens (tertiary/aromatic N) is 1. The predicted octanol–water partition coefficient (Wildman–Crippen LogP) is 12.3. The van der Waals surface area contributed by atoms with Crippen molar-refractivity contribution in [3.05, 3.63) is 151 Å². The monoisotopic (exact) mass is 563 g/mol. The van der Waals surface area contributed by atoms with Crippen LogP contribution in [0.3, 0.4) is 0 Å². The zero-order valence-corrected chi connectivity index (χ0v) is 24.6. The van der Waals surface area contributed by atoms with Crippen LogP contribution in [0.4, 0.5) is 17.1 Å². The maximum atomic E-state index is 6.49. The molecule has 44 heavy (non-hydrogen) atoms. The van der Waals surface area contributed by atoms with Gasteiger partial charge in [-0.1, -0.05) is 78.9 Å². The van der Waals surface area contributed by atoms with Gasteiger partial charge in [0.2, 0.25) is 0 Å². The lowest BCUT2D eigenvalue weighted by atomic mass is 9.91. The molecule has 0 spiro atoms. The van der Waals surface area contributed by atoms with Gasteiger partial charge in [-0.05, 0) is 123 Å². The molecule has 0 bridgehead atoms. The topological polar surface area (TPSA) is 16.4 Å². The Hall–Kier alpha value is -5.60. The summed E-state index contributed by atoms with van der Waals surface area (Å²) in [6.45, 7) is 4.31. The highest BCUT2D eigenvalue weighted by Gasteiger charge is 2.19. The van der Waals surface area contributed by atoms with Gasteiger partial charge in [0.25, 0.3) is 0 Å². The lowest BCUT2D eigenvalue weighted by Crippen LogP contribution is -2.10. The second-order valence-corrected chi connectivity index (χ2v) is 11.9. The summed E-state index contributed by atoms with van der Waals surface area (Å²) in [6, 6.07) is 50.7. The van der Waals surface area contributed by atoms with Crippen LogP contribution in [0.25, 0.3) is 65.0 Å². The zero-order chi connectivity index (χ0) is 29.4. The van der Waals surface area contributed by atoms with Crippen LogP contribution in [0.1, 0.15) is 11.1 Å². The summed E-state index contributed by atoms with van der Waals surface area (Å²) in [5, 5.41) is 12.2. The van der Waals surface area contributed by atoms with E-state index in [2.05, 4.69) is 158 Å². The normalized spacial score (nSPS) is 11.9. The van der Waals surface area contributed by atoms with E-state index in [4.69, 9.17) is 4.42 Å². The number of hydrogen-bond acceptors (Lipinski definition) is 2. The number of aryl methyl sites for hydroxylation is 2. The summed E-state index contributed by atoms with van der Waals surface area (Å²) in [6.07, 6.45) is 0. The zero-order valence-electron chi connectivity index (χ0n) is 24.6. The number of hydrogen-bond donors (Lipinski definition) is 0. The maximum Gasteiger partial charge on any atom is 0.136 e. The number of anilines is 3. The van der Waals surface area contributed by atoms with Crippen molar-refractivity contribution in [3.8, 4) is 0 Å². The number of rotatable bonds is 3. The molecule has 0 aliphatic carbocycles. The van der Waals surface area contributed by atoms with Gasteiger partial charge in [-0.3, -0.25) is 0 Å². The van der Waals surface area contributed by atoms with Gasteiger partial charge < -0.3 is 9.32 Å². The molecule has 9 rings (SSSR count). The molecule has 1 heterocycles. The Kier molecular flexibility index (Phi) is 5.36. The van der Waals surface area contributed by atoms with Crippen molar-refractivity contribution < 1.29 is 4.42 Å². The third-order valence-electron chi connectivity index (χ3n) is 9.06. The average molecular weight is 564 g/mol. The average Bonchev–Trinajstić information content (AvgIpc) is 3.41. The Labute approximate surface area is 255 Å². The Balaban J connectivity index is 1.37. The fourth-order valence-electron chi connectivity index (χ4n) is 7.10. The van der Waals surface area contributed by atoms with Crippen molar-refractivity contribution in [1.82, 2.24) is 0 Å². The van der Waals surface area contributed by atoms with Crippen LogP contribution in [-0.4, -0.2) is 0 Å². The second-order valence-electron chi connectivity index (χ2n) is 11.9. The molecule has 2 nitrogen and oxygen atoms in total. The molecule has 0 saturated heterocycles. The minimum Gasteiger partial charge on any atom is -0.456 e. The molecule has 2 heteroatoms. The summed E-state index contributed by atoms with van der Waals surface area (Å²) in [4.78, 5) is 2.37. The molecule has 0 aliphatic rings. The molecular weight excluding hydrogens is 534 g/mol. The molecule has 0 fully saturated rings. The van der Waals surface area contributed by atoms with Crippen molar-refractivity contribution in [1.29, 1.82) is 0 Å². The molecule has 0 unspecified atom stereocenters. The summed E-state index contributed by atoms with van der Waals surface area (Å²) in [7, 11) is 0. The van der Waals surface area contributed by atoms with Gasteiger partial charge in [0.15, 0.2) is 0 Å². The molecular formula is C42H29NO.